The molecule has 1 heterocycles. The van der Waals surface area contributed by atoms with E-state index in [-0.39, 0.29) is 12.1 Å². The molecule has 0 saturated heterocycles. The van der Waals surface area contributed by atoms with Gasteiger partial charge in [-0.25, -0.2) is 4.79 Å². The van der Waals surface area contributed by atoms with Crippen molar-refractivity contribution in [1.82, 2.24) is 0 Å². The number of hydrogen-bond acceptors (Lipinski definition) is 3. The van der Waals surface area contributed by atoms with E-state index < -0.39 is 0 Å². The topological polar surface area (TPSA) is 35.5 Å². The molecule has 0 bridgehead atoms. The smallest absolute Gasteiger partial charge is 0.331 e. The first-order chi connectivity index (χ1) is 8.65. The zero-order valence-electron chi connectivity index (χ0n) is 11.7. The molecule has 102 valence electrons. The third-order valence-corrected chi connectivity index (χ3v) is 2.84. The van der Waals surface area contributed by atoms with Crippen molar-refractivity contribution in [3.8, 4) is 0 Å². The second-order valence-electron chi connectivity index (χ2n) is 4.67. The first kappa shape index (κ1) is 14.8. The van der Waals surface area contributed by atoms with Crippen molar-refractivity contribution >= 4 is 5.97 Å². The fourth-order valence-electron chi connectivity index (χ4n) is 2.05. The van der Waals surface area contributed by atoms with Gasteiger partial charge in [0.1, 0.15) is 0 Å². The maximum atomic E-state index is 11.4. The van der Waals surface area contributed by atoms with Crippen molar-refractivity contribution < 1.29 is 14.3 Å². The van der Waals surface area contributed by atoms with Crippen LogP contribution in [0.3, 0.4) is 0 Å². The van der Waals surface area contributed by atoms with Gasteiger partial charge in [0.25, 0.3) is 0 Å². The van der Waals surface area contributed by atoms with Crippen LogP contribution in [0.5, 0.6) is 0 Å². The first-order valence-electron chi connectivity index (χ1n) is 6.90. The fraction of sp³-hybridized carbons (Fsp3) is 0.667. The highest BCUT2D eigenvalue weighted by molar-refractivity contribution is 5.83. The van der Waals surface area contributed by atoms with Gasteiger partial charge >= 0.3 is 5.97 Å². The van der Waals surface area contributed by atoms with Crippen molar-refractivity contribution in [3.63, 3.8) is 0 Å². The van der Waals surface area contributed by atoms with E-state index in [0.717, 1.165) is 30.6 Å². The Balaban J connectivity index is 2.61. The van der Waals surface area contributed by atoms with Crippen molar-refractivity contribution in [1.29, 1.82) is 0 Å². The van der Waals surface area contributed by atoms with Crippen LogP contribution >= 0.6 is 0 Å². The zero-order chi connectivity index (χ0) is 13.4. The lowest BCUT2D eigenvalue weighted by atomic mass is 10.0. The third kappa shape index (κ3) is 5.39. The molecule has 3 heteroatoms. The maximum Gasteiger partial charge on any atom is 0.331 e. The lowest BCUT2D eigenvalue weighted by Gasteiger charge is -2.23. The van der Waals surface area contributed by atoms with Crippen molar-refractivity contribution in [2.45, 2.75) is 59.0 Å². The van der Waals surface area contributed by atoms with Gasteiger partial charge in [-0.2, -0.15) is 0 Å². The molecule has 0 saturated carbocycles. The van der Waals surface area contributed by atoms with Crippen LogP contribution in [0.1, 0.15) is 52.9 Å². The molecule has 1 aliphatic heterocycles. The van der Waals surface area contributed by atoms with Gasteiger partial charge in [-0.3, -0.25) is 0 Å². The Morgan fingerprint density at radius 3 is 2.94 bits per heavy atom. The highest BCUT2D eigenvalue weighted by Crippen LogP contribution is 2.24. The molecule has 0 amide bonds. The van der Waals surface area contributed by atoms with E-state index in [0.29, 0.717) is 6.61 Å². The van der Waals surface area contributed by atoms with Gasteiger partial charge in [0.15, 0.2) is 0 Å². The molecule has 1 rings (SSSR count). The summed E-state index contributed by atoms with van der Waals surface area (Å²) in [5.74, 6) is 0.739. The van der Waals surface area contributed by atoms with E-state index in [9.17, 15) is 4.79 Å². The van der Waals surface area contributed by atoms with Gasteiger partial charge in [0.2, 0.25) is 0 Å². The summed E-state index contributed by atoms with van der Waals surface area (Å²) in [6.45, 7) is 6.45. The molecular weight excluding hydrogens is 228 g/mol. The van der Waals surface area contributed by atoms with E-state index in [1.54, 1.807) is 6.08 Å². The molecule has 0 radical (unpaired) electrons. The van der Waals surface area contributed by atoms with Gasteiger partial charge in [0, 0.05) is 18.9 Å². The van der Waals surface area contributed by atoms with Crippen LogP contribution < -0.4 is 0 Å². The van der Waals surface area contributed by atoms with Gasteiger partial charge in [-0.05, 0) is 31.9 Å². The Kier molecular flexibility index (Phi) is 6.55. The molecule has 1 unspecified atom stereocenters. The second-order valence-corrected chi connectivity index (χ2v) is 4.67. The van der Waals surface area contributed by atoms with Crippen LogP contribution in [0, 0.1) is 0 Å². The number of ether oxygens (including phenoxy) is 2. The van der Waals surface area contributed by atoms with Crippen LogP contribution in [0.15, 0.2) is 23.5 Å². The predicted octanol–water partition coefficient (Wildman–Crippen LogP) is 3.75. The monoisotopic (exact) mass is 252 g/mol. The molecule has 18 heavy (non-hydrogen) atoms. The van der Waals surface area contributed by atoms with E-state index in [1.165, 1.54) is 12.8 Å². The number of allylic oxidation sites excluding steroid dienone is 2. The lowest BCUT2D eigenvalue weighted by Crippen LogP contribution is -2.15. The van der Waals surface area contributed by atoms with Crippen LogP contribution in [0.4, 0.5) is 0 Å². The molecule has 0 fully saturated rings. The molecule has 0 spiro atoms. The SMILES string of the molecule is CCCCCC1=C/C(=C\C(=O)OCC)CC(C)O1. The summed E-state index contributed by atoms with van der Waals surface area (Å²) >= 11 is 0. The van der Waals surface area contributed by atoms with Crippen LogP contribution in [0.2, 0.25) is 0 Å². The molecule has 0 aromatic rings. The number of esters is 1. The van der Waals surface area contributed by atoms with Crippen molar-refractivity contribution in [2.75, 3.05) is 6.61 Å². The molecule has 1 atom stereocenters. The van der Waals surface area contributed by atoms with Gasteiger partial charge in [0.05, 0.1) is 18.5 Å². The highest BCUT2D eigenvalue weighted by Gasteiger charge is 2.16. The Hall–Kier alpha value is -1.25. The Bertz CT molecular complexity index is 329. The standard InChI is InChI=1S/C15H24O3/c1-4-6-7-8-14-10-13(9-12(3)18-14)11-15(16)17-5-2/h10-12H,4-9H2,1-3H3/b13-11-. The summed E-state index contributed by atoms with van der Waals surface area (Å²) in [6, 6.07) is 0. The number of rotatable bonds is 6. The van der Waals surface area contributed by atoms with Gasteiger partial charge in [-0.15, -0.1) is 0 Å². The second kappa shape index (κ2) is 7.96. The lowest BCUT2D eigenvalue weighted by molar-refractivity contribution is -0.137. The minimum atomic E-state index is -0.259. The number of carbonyl (C=O) groups excluding carboxylic acids is 1. The van der Waals surface area contributed by atoms with E-state index in [1.807, 2.05) is 19.9 Å². The summed E-state index contributed by atoms with van der Waals surface area (Å²) in [5.41, 5.74) is 1.01. The number of hydrogen-bond donors (Lipinski definition) is 0. The first-order valence-corrected chi connectivity index (χ1v) is 6.90. The summed E-state index contributed by atoms with van der Waals surface area (Å²) < 4.78 is 10.7. The molecule has 0 aromatic carbocycles. The zero-order valence-corrected chi connectivity index (χ0v) is 11.7. The average molecular weight is 252 g/mol. The maximum absolute atomic E-state index is 11.4. The number of unbranched alkanes of at least 4 members (excludes halogenated alkanes) is 2. The molecule has 0 aromatic heterocycles. The van der Waals surface area contributed by atoms with Crippen LogP contribution in [-0.2, 0) is 14.3 Å². The molecule has 3 nitrogen and oxygen atoms in total. The summed E-state index contributed by atoms with van der Waals surface area (Å²) in [6.07, 6.45) is 9.01. The molecule has 0 aliphatic carbocycles. The largest absolute Gasteiger partial charge is 0.495 e. The fourth-order valence-corrected chi connectivity index (χ4v) is 2.05. The Morgan fingerprint density at radius 2 is 2.28 bits per heavy atom. The highest BCUT2D eigenvalue weighted by atomic mass is 16.5. The van der Waals surface area contributed by atoms with E-state index in [4.69, 9.17) is 9.47 Å². The number of carbonyl (C=O) groups is 1. The Morgan fingerprint density at radius 1 is 1.50 bits per heavy atom. The van der Waals surface area contributed by atoms with Crippen LogP contribution in [-0.4, -0.2) is 18.7 Å². The molecular formula is C15H24O3. The van der Waals surface area contributed by atoms with Crippen molar-refractivity contribution in [3.05, 3.63) is 23.5 Å². The van der Waals surface area contributed by atoms with Crippen LogP contribution in [0.25, 0.3) is 0 Å². The third-order valence-electron chi connectivity index (χ3n) is 2.84. The summed E-state index contributed by atoms with van der Waals surface area (Å²) in [5, 5.41) is 0. The predicted molar refractivity (Wildman–Crippen MR) is 72.1 cm³/mol. The molecule has 1 aliphatic rings. The summed E-state index contributed by atoms with van der Waals surface area (Å²) in [7, 11) is 0. The quantitative estimate of drug-likeness (QED) is 0.410. The van der Waals surface area contributed by atoms with Gasteiger partial charge < -0.3 is 9.47 Å². The van der Waals surface area contributed by atoms with E-state index >= 15 is 0 Å². The summed E-state index contributed by atoms with van der Waals surface area (Å²) in [4.78, 5) is 11.4. The minimum absolute atomic E-state index is 0.146. The normalized spacial score (nSPS) is 21.4. The van der Waals surface area contributed by atoms with E-state index in [2.05, 4.69) is 6.92 Å². The minimum Gasteiger partial charge on any atom is -0.495 e. The molecule has 0 N–H and O–H groups in total. The van der Waals surface area contributed by atoms with Crippen molar-refractivity contribution in [2.24, 2.45) is 0 Å². The Labute approximate surface area is 110 Å². The average Bonchev–Trinajstić information content (AvgIpc) is 2.28. The van der Waals surface area contributed by atoms with Gasteiger partial charge in [-0.1, -0.05) is 19.8 Å².